The lowest BCUT2D eigenvalue weighted by Crippen LogP contribution is -2.27. The molecular weight excluding hydrogens is 352 g/mol. The lowest BCUT2D eigenvalue weighted by Gasteiger charge is -2.19. The zero-order valence-corrected chi connectivity index (χ0v) is 17.0. The van der Waals surface area contributed by atoms with Crippen LogP contribution in [0.4, 0.5) is 5.69 Å². The zero-order valence-electron chi connectivity index (χ0n) is 17.0. The molecule has 0 radical (unpaired) electrons. The third kappa shape index (κ3) is 4.71. The smallest absolute Gasteiger partial charge is 0.252 e. The number of aryl methyl sites for hydroxylation is 1. The maximum absolute atomic E-state index is 12.9. The van der Waals surface area contributed by atoms with E-state index in [4.69, 9.17) is 15.9 Å². The molecule has 1 atom stereocenters. The number of anilines is 1. The summed E-state index contributed by atoms with van der Waals surface area (Å²) >= 11 is 0. The third-order valence-electron chi connectivity index (χ3n) is 4.66. The Kier molecular flexibility index (Phi) is 6.82. The molecule has 4 N–H and O–H groups in total. The number of ether oxygens (including phenoxy) is 1. The van der Waals surface area contributed by atoms with Gasteiger partial charge in [0.25, 0.3) is 5.91 Å². The number of benzene rings is 2. The molecule has 2 rings (SSSR count). The summed E-state index contributed by atoms with van der Waals surface area (Å²) in [6.07, 6.45) is 2.57. The Morgan fingerprint density at radius 2 is 1.96 bits per heavy atom. The fourth-order valence-electron chi connectivity index (χ4n) is 2.87. The van der Waals surface area contributed by atoms with E-state index in [9.17, 15) is 4.79 Å². The predicted octanol–water partition coefficient (Wildman–Crippen LogP) is 3.51. The van der Waals surface area contributed by atoms with Crippen molar-refractivity contribution in [1.29, 1.82) is 5.41 Å². The van der Waals surface area contributed by atoms with E-state index in [0.29, 0.717) is 16.9 Å². The molecule has 0 saturated heterocycles. The Bertz CT molecular complexity index is 903. The molecule has 28 heavy (non-hydrogen) atoms. The third-order valence-corrected chi connectivity index (χ3v) is 4.66. The van der Waals surface area contributed by atoms with Crippen molar-refractivity contribution in [2.24, 2.45) is 5.73 Å². The van der Waals surface area contributed by atoms with Crippen LogP contribution in [0.1, 0.15) is 40.0 Å². The SMILES string of the molecule is COc1cc(/C(C=N)=C/N)cc(C(C)NC(=O)c2cc(N(C)C)ccc2C)c1. The lowest BCUT2D eigenvalue weighted by atomic mass is 9.99. The summed E-state index contributed by atoms with van der Waals surface area (Å²) in [6.45, 7) is 3.84. The van der Waals surface area contributed by atoms with Crippen molar-refractivity contribution in [3.63, 3.8) is 0 Å². The summed E-state index contributed by atoms with van der Waals surface area (Å²) in [7, 11) is 5.47. The van der Waals surface area contributed by atoms with Gasteiger partial charge in [0.15, 0.2) is 0 Å². The highest BCUT2D eigenvalue weighted by atomic mass is 16.5. The van der Waals surface area contributed by atoms with Crippen LogP contribution >= 0.6 is 0 Å². The summed E-state index contributed by atoms with van der Waals surface area (Å²) in [5.41, 5.74) is 10.3. The number of hydrogen-bond acceptors (Lipinski definition) is 5. The summed E-state index contributed by atoms with van der Waals surface area (Å²) in [4.78, 5) is 14.8. The predicted molar refractivity (Wildman–Crippen MR) is 115 cm³/mol. The summed E-state index contributed by atoms with van der Waals surface area (Å²) in [5.74, 6) is 0.500. The van der Waals surface area contributed by atoms with E-state index in [1.54, 1.807) is 7.11 Å². The normalized spacial score (nSPS) is 12.2. The van der Waals surface area contributed by atoms with Gasteiger partial charge < -0.3 is 26.1 Å². The minimum Gasteiger partial charge on any atom is -0.497 e. The van der Waals surface area contributed by atoms with Gasteiger partial charge in [0.2, 0.25) is 0 Å². The Morgan fingerprint density at radius 3 is 2.54 bits per heavy atom. The summed E-state index contributed by atoms with van der Waals surface area (Å²) in [5, 5.41) is 10.6. The molecule has 0 spiro atoms. The number of allylic oxidation sites excluding steroid dienone is 1. The van der Waals surface area contributed by atoms with Crippen LogP contribution < -0.4 is 20.7 Å². The van der Waals surface area contributed by atoms with Crippen LogP contribution in [-0.2, 0) is 0 Å². The van der Waals surface area contributed by atoms with Gasteiger partial charge in [-0.3, -0.25) is 4.79 Å². The van der Waals surface area contributed by atoms with Gasteiger partial charge in [-0.15, -0.1) is 0 Å². The number of methoxy groups -OCH3 is 1. The second kappa shape index (κ2) is 9.08. The van der Waals surface area contributed by atoms with Gasteiger partial charge in [0.05, 0.1) is 13.2 Å². The highest BCUT2D eigenvalue weighted by molar-refractivity contribution is 6.08. The van der Waals surface area contributed by atoms with E-state index in [0.717, 1.165) is 22.4 Å². The van der Waals surface area contributed by atoms with Gasteiger partial charge in [0.1, 0.15) is 5.75 Å². The quantitative estimate of drug-likeness (QED) is 0.641. The van der Waals surface area contributed by atoms with E-state index < -0.39 is 0 Å². The van der Waals surface area contributed by atoms with Gasteiger partial charge in [-0.25, -0.2) is 0 Å². The molecule has 0 aliphatic heterocycles. The molecule has 1 unspecified atom stereocenters. The molecule has 0 saturated carbocycles. The van der Waals surface area contributed by atoms with Gasteiger partial charge in [-0.05, 0) is 60.9 Å². The molecule has 0 aliphatic rings. The molecule has 0 aromatic heterocycles. The number of rotatable bonds is 7. The van der Waals surface area contributed by atoms with E-state index in [1.807, 2.05) is 69.2 Å². The van der Waals surface area contributed by atoms with Crippen molar-refractivity contribution in [1.82, 2.24) is 5.32 Å². The molecule has 2 aromatic rings. The average molecular weight is 380 g/mol. The number of nitrogens with two attached hydrogens (primary N) is 1. The highest BCUT2D eigenvalue weighted by Crippen LogP contribution is 2.26. The van der Waals surface area contributed by atoms with Crippen LogP contribution in [0.25, 0.3) is 5.57 Å². The fourth-order valence-corrected chi connectivity index (χ4v) is 2.87. The first kappa shape index (κ1) is 21.0. The molecule has 0 heterocycles. The molecule has 1 amide bonds. The number of nitrogens with zero attached hydrogens (tertiary/aromatic N) is 1. The molecule has 2 aromatic carbocycles. The first-order valence-corrected chi connectivity index (χ1v) is 9.01. The van der Waals surface area contributed by atoms with Crippen molar-refractivity contribution in [3.8, 4) is 5.75 Å². The molecular formula is C22H28N4O2. The Hall–Kier alpha value is -3.28. The second-order valence-corrected chi connectivity index (χ2v) is 6.85. The van der Waals surface area contributed by atoms with Crippen LogP contribution in [0.15, 0.2) is 42.6 Å². The van der Waals surface area contributed by atoms with Gasteiger partial charge in [-0.2, -0.15) is 0 Å². The van der Waals surface area contributed by atoms with E-state index in [-0.39, 0.29) is 11.9 Å². The van der Waals surface area contributed by atoms with Gasteiger partial charge in [0, 0.05) is 43.3 Å². The van der Waals surface area contributed by atoms with Crippen LogP contribution in [-0.4, -0.2) is 33.3 Å². The molecule has 148 valence electrons. The van der Waals surface area contributed by atoms with Crippen LogP contribution in [0.2, 0.25) is 0 Å². The number of amides is 1. The van der Waals surface area contributed by atoms with Gasteiger partial charge in [-0.1, -0.05) is 6.07 Å². The highest BCUT2D eigenvalue weighted by Gasteiger charge is 2.16. The second-order valence-electron chi connectivity index (χ2n) is 6.85. The molecule has 0 aliphatic carbocycles. The maximum atomic E-state index is 12.9. The number of nitrogens with one attached hydrogen (secondary N) is 2. The van der Waals surface area contributed by atoms with Crippen LogP contribution in [0, 0.1) is 12.3 Å². The molecule has 0 bridgehead atoms. The van der Waals surface area contributed by atoms with Crippen LogP contribution in [0.3, 0.4) is 0 Å². The fraction of sp³-hybridized carbons (Fsp3) is 0.273. The monoisotopic (exact) mass is 380 g/mol. The van der Waals surface area contributed by atoms with Gasteiger partial charge >= 0.3 is 0 Å². The van der Waals surface area contributed by atoms with Crippen molar-refractivity contribution in [2.45, 2.75) is 19.9 Å². The zero-order chi connectivity index (χ0) is 20.8. The Morgan fingerprint density at radius 1 is 1.25 bits per heavy atom. The lowest BCUT2D eigenvalue weighted by molar-refractivity contribution is 0.0939. The van der Waals surface area contributed by atoms with E-state index in [2.05, 4.69) is 5.32 Å². The Labute approximate surface area is 166 Å². The maximum Gasteiger partial charge on any atom is 0.252 e. The topological polar surface area (TPSA) is 91.4 Å². The van der Waals surface area contributed by atoms with E-state index in [1.165, 1.54) is 12.4 Å². The largest absolute Gasteiger partial charge is 0.497 e. The van der Waals surface area contributed by atoms with E-state index >= 15 is 0 Å². The molecule has 6 nitrogen and oxygen atoms in total. The standard InChI is InChI=1S/C22H28N4O2/c1-14-6-7-19(26(3)4)11-21(14)22(27)25-15(2)16-8-17(18(12-23)13-24)10-20(9-16)28-5/h6-13,15,23H,24H2,1-5H3,(H,25,27)/b18-13+,23-12?. The molecule has 0 fully saturated rings. The minimum atomic E-state index is -0.256. The molecule has 6 heteroatoms. The first-order chi connectivity index (χ1) is 13.3. The number of carbonyl (C=O) groups is 1. The summed E-state index contributed by atoms with van der Waals surface area (Å²) < 4.78 is 5.37. The Balaban J connectivity index is 2.33. The average Bonchev–Trinajstić information content (AvgIpc) is 2.68. The summed E-state index contributed by atoms with van der Waals surface area (Å²) in [6, 6.07) is 11.2. The number of carbonyl (C=O) groups excluding carboxylic acids is 1. The minimum absolute atomic E-state index is 0.139. The number of hydrogen-bond donors (Lipinski definition) is 3. The van der Waals surface area contributed by atoms with Crippen molar-refractivity contribution in [2.75, 3.05) is 26.1 Å². The first-order valence-electron chi connectivity index (χ1n) is 9.01. The van der Waals surface area contributed by atoms with Crippen molar-refractivity contribution < 1.29 is 9.53 Å². The van der Waals surface area contributed by atoms with Crippen molar-refractivity contribution >= 4 is 23.4 Å². The van der Waals surface area contributed by atoms with Crippen LogP contribution in [0.5, 0.6) is 5.75 Å². The van der Waals surface area contributed by atoms with Crippen molar-refractivity contribution in [3.05, 3.63) is 64.9 Å².